The number of alkyl halides is 2. The topological polar surface area (TPSA) is 50.3 Å². The Labute approximate surface area is 187 Å². The molecule has 0 radical (unpaired) electrons. The number of hydrogen-bond acceptors (Lipinski definition) is 4. The third-order valence-electron chi connectivity index (χ3n) is 5.33. The van der Waals surface area contributed by atoms with E-state index < -0.39 is 20.2 Å². The predicted molar refractivity (Wildman–Crippen MR) is 136 cm³/mol. The summed E-state index contributed by atoms with van der Waals surface area (Å²) in [6, 6.07) is 10.5. The maximum atomic E-state index is 6.30. The molecule has 1 aromatic rings. The molecule has 3 rings (SSSR count). The fourth-order valence-electron chi connectivity index (χ4n) is 3.56. The van der Waals surface area contributed by atoms with E-state index in [1.165, 1.54) is 0 Å². The molecule has 1 aromatic carbocycles. The summed E-state index contributed by atoms with van der Waals surface area (Å²) in [5, 5.41) is 4.85. The van der Waals surface area contributed by atoms with Crippen molar-refractivity contribution >= 4 is 37.0 Å². The van der Waals surface area contributed by atoms with E-state index in [4.69, 9.17) is 12.5 Å². The standard InChI is InChI=1S/C24H34IN3O2/c1-8-28(9-2)18-10-11-19-22(15-18)30-23-16-20(17(3)14-21(23)26-19)27-24(4,5)12-13-29-25(6)7/h10-11,14-16H,8-9,12-13H2,1-7H3/p+1. The van der Waals surface area contributed by atoms with Crippen molar-refractivity contribution in [1.82, 2.24) is 9.56 Å². The molecule has 2 aliphatic rings. The Morgan fingerprint density at radius 3 is 2.53 bits per heavy atom. The number of halogens is 1. The van der Waals surface area contributed by atoms with Gasteiger partial charge in [-0.3, -0.25) is 0 Å². The van der Waals surface area contributed by atoms with Gasteiger partial charge in [0.2, 0.25) is 0 Å². The number of hydrogen-bond donors (Lipinski definition) is 1. The Bertz CT molecular complexity index is 1050. The Morgan fingerprint density at radius 1 is 1.13 bits per heavy atom. The second-order valence-electron chi connectivity index (χ2n) is 8.43. The van der Waals surface area contributed by atoms with E-state index in [1.807, 2.05) is 0 Å². The molecular weight excluding hydrogens is 489 g/mol. The monoisotopic (exact) mass is 524 g/mol. The summed E-state index contributed by atoms with van der Waals surface area (Å²) in [5.41, 5.74) is 4.75. The van der Waals surface area contributed by atoms with Gasteiger partial charge in [0.05, 0.1) is 0 Å². The van der Waals surface area contributed by atoms with Crippen LogP contribution in [0.2, 0.25) is 0 Å². The molecule has 0 amide bonds. The van der Waals surface area contributed by atoms with Crippen LogP contribution in [0.15, 0.2) is 34.7 Å². The molecule has 0 bridgehead atoms. The van der Waals surface area contributed by atoms with Crippen molar-refractivity contribution in [1.29, 1.82) is 0 Å². The Hall–Kier alpha value is -1.67. The zero-order valence-electron chi connectivity index (χ0n) is 19.3. The average Bonchev–Trinajstić information content (AvgIpc) is 2.67. The van der Waals surface area contributed by atoms with Gasteiger partial charge < -0.3 is 0 Å². The van der Waals surface area contributed by atoms with E-state index in [0.717, 1.165) is 65.3 Å². The number of anilines is 1. The fraction of sp³-hybridized carbons (Fsp3) is 0.500. The van der Waals surface area contributed by atoms with Gasteiger partial charge in [0.15, 0.2) is 0 Å². The molecule has 1 aliphatic heterocycles. The summed E-state index contributed by atoms with van der Waals surface area (Å²) >= 11 is -1.14. The Kier molecular flexibility index (Phi) is 7.39. The number of nitrogens with one attached hydrogen (secondary N) is 1. The third-order valence-corrected chi connectivity index (χ3v) is 7.02. The van der Waals surface area contributed by atoms with Gasteiger partial charge in [0.25, 0.3) is 0 Å². The normalized spacial score (nSPS) is 12.4. The zero-order chi connectivity index (χ0) is 21.9. The first-order valence-corrected chi connectivity index (χ1v) is 15.8. The average molecular weight is 524 g/mol. The van der Waals surface area contributed by atoms with Crippen LogP contribution in [0.1, 0.15) is 39.7 Å². The van der Waals surface area contributed by atoms with Crippen LogP contribution in [0.5, 0.6) is 0 Å². The minimum absolute atomic E-state index is 0.0647. The van der Waals surface area contributed by atoms with Crippen LogP contribution in [-0.2, 0) is 3.07 Å². The van der Waals surface area contributed by atoms with E-state index in [-0.39, 0.29) is 5.54 Å². The summed E-state index contributed by atoms with van der Waals surface area (Å²) in [5.74, 6) is 0.817. The van der Waals surface area contributed by atoms with Gasteiger partial charge in [-0.15, -0.1) is 0 Å². The van der Waals surface area contributed by atoms with Gasteiger partial charge in [-0.25, -0.2) is 4.58 Å². The summed E-state index contributed by atoms with van der Waals surface area (Å²) in [4.78, 5) is 9.29. The molecule has 1 N–H and O–H groups in total. The first-order chi connectivity index (χ1) is 14.2. The van der Waals surface area contributed by atoms with E-state index in [9.17, 15) is 0 Å². The van der Waals surface area contributed by atoms with Crippen molar-refractivity contribution < 1.29 is 7.48 Å². The number of aromatic nitrogens is 1. The van der Waals surface area contributed by atoms with Crippen molar-refractivity contribution in [2.75, 3.05) is 34.9 Å². The molecule has 1 heterocycles. The second kappa shape index (κ2) is 9.64. The summed E-state index contributed by atoms with van der Waals surface area (Å²) in [7, 11) is 0. The van der Waals surface area contributed by atoms with E-state index in [0.29, 0.717) is 0 Å². The Morgan fingerprint density at radius 2 is 1.87 bits per heavy atom. The van der Waals surface area contributed by atoms with E-state index in [1.54, 1.807) is 0 Å². The molecule has 0 aromatic heterocycles. The fourth-order valence-corrected chi connectivity index (χ4v) is 4.66. The first-order valence-electron chi connectivity index (χ1n) is 10.6. The van der Waals surface area contributed by atoms with Crippen molar-refractivity contribution in [3.05, 3.63) is 41.3 Å². The molecule has 0 spiro atoms. The van der Waals surface area contributed by atoms with E-state index >= 15 is 0 Å². The van der Waals surface area contributed by atoms with Gasteiger partial charge in [0.1, 0.15) is 13.1 Å². The van der Waals surface area contributed by atoms with Gasteiger partial charge in [-0.1, -0.05) is 0 Å². The third kappa shape index (κ3) is 5.52. The number of rotatable bonds is 8. The van der Waals surface area contributed by atoms with Gasteiger partial charge in [0, 0.05) is 6.07 Å². The SMILES string of the molecule is CC[N+](CC)=c1ccc2nc3cc(C)c(NC(C)(C)CCOI(C)C)cc3oc-2c1. The van der Waals surface area contributed by atoms with Gasteiger partial charge in [-0.2, -0.15) is 0 Å². The van der Waals surface area contributed by atoms with E-state index in [2.05, 4.69) is 84.7 Å². The van der Waals surface area contributed by atoms with Crippen molar-refractivity contribution in [2.45, 2.75) is 46.6 Å². The minimum atomic E-state index is -1.14. The summed E-state index contributed by atoms with van der Waals surface area (Å²) < 4.78 is 14.5. The molecule has 0 fully saturated rings. The van der Waals surface area contributed by atoms with Crippen LogP contribution in [0.3, 0.4) is 0 Å². The van der Waals surface area contributed by atoms with Crippen LogP contribution < -0.4 is 15.2 Å². The van der Waals surface area contributed by atoms with Crippen LogP contribution in [-0.4, -0.2) is 40.1 Å². The number of fused-ring (bicyclic) bond motifs is 2. The summed E-state index contributed by atoms with van der Waals surface area (Å²) in [6.45, 7) is 13.6. The molecule has 5 nitrogen and oxygen atoms in total. The zero-order valence-corrected chi connectivity index (χ0v) is 21.5. The quantitative estimate of drug-likeness (QED) is 0.187. The molecule has 164 valence electrons. The first kappa shape index (κ1) is 23.0. The molecule has 1 aliphatic carbocycles. The Balaban J connectivity index is 1.97. The van der Waals surface area contributed by atoms with Crippen LogP contribution in [0, 0.1) is 6.92 Å². The number of nitrogens with zero attached hydrogens (tertiary/aromatic N) is 2. The molecule has 30 heavy (non-hydrogen) atoms. The second-order valence-corrected chi connectivity index (χ2v) is 13.0. The molecule has 0 unspecified atom stereocenters. The van der Waals surface area contributed by atoms with Crippen molar-refractivity contribution in [3.8, 4) is 11.5 Å². The predicted octanol–water partition coefficient (Wildman–Crippen LogP) is 5.33. The molecule has 0 saturated carbocycles. The molecular formula is C24H35IN3O2+. The summed E-state index contributed by atoms with van der Waals surface area (Å²) in [6.07, 6.45) is 0.959. The van der Waals surface area contributed by atoms with Crippen molar-refractivity contribution in [3.63, 3.8) is 0 Å². The van der Waals surface area contributed by atoms with Gasteiger partial charge in [-0.05, 0) is 13.8 Å². The number of aryl methyl sites for hydroxylation is 1. The van der Waals surface area contributed by atoms with Crippen LogP contribution in [0.25, 0.3) is 22.6 Å². The molecule has 6 heteroatoms. The van der Waals surface area contributed by atoms with Crippen molar-refractivity contribution in [2.24, 2.45) is 0 Å². The molecule has 0 atom stereocenters. The molecule has 0 saturated heterocycles. The van der Waals surface area contributed by atoms with Crippen LogP contribution in [0.4, 0.5) is 5.69 Å². The van der Waals surface area contributed by atoms with Crippen LogP contribution >= 0.6 is 20.2 Å². The maximum absolute atomic E-state index is 6.30. The number of benzene rings is 2. The van der Waals surface area contributed by atoms with Gasteiger partial charge >= 0.3 is 151 Å².